The first kappa shape index (κ1) is 44.2. The van der Waals surface area contributed by atoms with E-state index in [1.165, 1.54) is 47.0 Å². The predicted octanol–water partition coefficient (Wildman–Crippen LogP) is 15.3. The Morgan fingerprint density at radius 3 is 1.18 bits per heavy atom. The highest BCUT2D eigenvalue weighted by Crippen LogP contribution is 2.46. The Morgan fingerprint density at radius 1 is 0.388 bits per heavy atom. The lowest BCUT2D eigenvalue weighted by atomic mass is 9.94. The van der Waals surface area contributed by atoms with Gasteiger partial charge in [-0.2, -0.15) is 57.9 Å². The molecular formula is C50H25F12N5. The van der Waals surface area contributed by atoms with Crippen LogP contribution in [0.15, 0.2) is 152 Å². The molecule has 0 aliphatic heterocycles. The minimum absolute atomic E-state index is 0.0253. The summed E-state index contributed by atoms with van der Waals surface area (Å²) in [6, 6.07) is 34.5. The van der Waals surface area contributed by atoms with E-state index in [1.54, 1.807) is 60.7 Å². The number of benzene rings is 7. The molecule has 5 nitrogen and oxygen atoms in total. The summed E-state index contributed by atoms with van der Waals surface area (Å²) in [6.45, 7) is 0. The van der Waals surface area contributed by atoms with Crippen molar-refractivity contribution in [3.05, 3.63) is 179 Å². The lowest BCUT2D eigenvalue weighted by Crippen LogP contribution is -2.12. The number of alkyl halides is 12. The van der Waals surface area contributed by atoms with Crippen molar-refractivity contribution >= 4 is 21.8 Å². The summed E-state index contributed by atoms with van der Waals surface area (Å²) in [5, 5.41) is 10.6. The number of nitriles is 1. The number of aromatic nitrogens is 4. The van der Waals surface area contributed by atoms with Crippen molar-refractivity contribution in [2.75, 3.05) is 0 Å². The summed E-state index contributed by atoms with van der Waals surface area (Å²) < 4.78 is 170. The molecule has 9 aromatic rings. The van der Waals surface area contributed by atoms with Crippen molar-refractivity contribution in [3.8, 4) is 68.2 Å². The largest absolute Gasteiger partial charge is 0.417 e. The fourth-order valence-corrected chi connectivity index (χ4v) is 7.92. The number of halogens is 12. The summed E-state index contributed by atoms with van der Waals surface area (Å²) in [5.74, 6) is 0.762. The molecular weight excluding hydrogens is 899 g/mol. The Bertz CT molecular complexity index is 3230. The number of nitrogens with zero attached hydrogens (tertiary/aromatic N) is 5. The maximum Gasteiger partial charge on any atom is 0.417 e. The van der Waals surface area contributed by atoms with E-state index in [0.717, 1.165) is 0 Å². The number of hydrogen-bond acceptors (Lipinski definition) is 4. The standard InChI is InChI=1S/C50H25F12N5/c51-47(52,53)33-15-17-35(39(24-33)49(57,58)59)29-13-19-41-37(21-29)38-22-30(36-18-16-34(48(54,55)56)25-40(36)50(60,61)62)14-20-42(38)67(41)43-23-31(11-12-32(43)26-63)46-65-44(27-7-3-1-4-8-27)64-45(66-46)28-9-5-2-6-10-28/h1-25H. The Hall–Kier alpha value is -8.00. The van der Waals surface area contributed by atoms with E-state index >= 15 is 0 Å². The second-order valence-corrected chi connectivity index (χ2v) is 15.2. The zero-order chi connectivity index (χ0) is 47.6. The van der Waals surface area contributed by atoms with Crippen LogP contribution in [0.3, 0.4) is 0 Å². The Kier molecular flexibility index (Phi) is 10.7. The van der Waals surface area contributed by atoms with Gasteiger partial charge in [-0.1, -0.05) is 84.9 Å². The zero-order valence-corrected chi connectivity index (χ0v) is 33.7. The maximum atomic E-state index is 14.5. The lowest BCUT2D eigenvalue weighted by Gasteiger charge is -2.16. The summed E-state index contributed by atoms with van der Waals surface area (Å²) >= 11 is 0. The van der Waals surface area contributed by atoms with Gasteiger partial charge < -0.3 is 4.57 Å². The van der Waals surface area contributed by atoms with Crippen molar-refractivity contribution < 1.29 is 52.7 Å². The minimum Gasteiger partial charge on any atom is -0.308 e. The Morgan fingerprint density at radius 2 is 0.791 bits per heavy atom. The van der Waals surface area contributed by atoms with Crippen molar-refractivity contribution in [1.29, 1.82) is 5.26 Å². The molecule has 0 bridgehead atoms. The molecule has 17 heteroatoms. The van der Waals surface area contributed by atoms with Gasteiger partial charge in [-0.25, -0.2) is 15.0 Å². The average molecular weight is 924 g/mol. The van der Waals surface area contributed by atoms with Crippen LogP contribution >= 0.6 is 0 Å². The quantitative estimate of drug-likeness (QED) is 0.156. The molecule has 334 valence electrons. The number of fused-ring (bicyclic) bond motifs is 3. The fourth-order valence-electron chi connectivity index (χ4n) is 7.92. The van der Waals surface area contributed by atoms with Crippen LogP contribution < -0.4 is 0 Å². The van der Waals surface area contributed by atoms with Crippen molar-refractivity contribution in [2.24, 2.45) is 0 Å². The molecule has 2 aromatic heterocycles. The smallest absolute Gasteiger partial charge is 0.308 e. The van der Waals surface area contributed by atoms with Gasteiger partial charge in [0.05, 0.1) is 44.5 Å². The van der Waals surface area contributed by atoms with Gasteiger partial charge in [-0.05, 0) is 89.0 Å². The van der Waals surface area contributed by atoms with Gasteiger partial charge in [0.1, 0.15) is 6.07 Å². The molecule has 0 aliphatic carbocycles. The Balaban J connectivity index is 1.31. The lowest BCUT2D eigenvalue weighted by molar-refractivity contribution is -0.144. The van der Waals surface area contributed by atoms with Gasteiger partial charge in [-0.3, -0.25) is 0 Å². The molecule has 0 fully saturated rings. The highest BCUT2D eigenvalue weighted by molar-refractivity contribution is 6.12. The molecule has 0 saturated carbocycles. The number of hydrogen-bond donors (Lipinski definition) is 0. The average Bonchev–Trinajstić information content (AvgIpc) is 3.63. The van der Waals surface area contributed by atoms with E-state index in [2.05, 4.69) is 6.07 Å². The molecule has 7 aromatic carbocycles. The summed E-state index contributed by atoms with van der Waals surface area (Å²) in [6.07, 6.45) is -20.8. The SMILES string of the molecule is N#Cc1ccc(-c2nc(-c3ccccc3)nc(-c3ccccc3)n2)cc1-n1c2ccc(-c3ccc(C(F)(F)F)cc3C(F)(F)F)cc2c2cc(-c3ccc(C(F)(F)F)cc3C(F)(F)F)ccc21. The third-order valence-electron chi connectivity index (χ3n) is 11.0. The second kappa shape index (κ2) is 16.2. The third kappa shape index (κ3) is 8.42. The highest BCUT2D eigenvalue weighted by Gasteiger charge is 2.40. The van der Waals surface area contributed by atoms with Crippen molar-refractivity contribution in [2.45, 2.75) is 24.7 Å². The van der Waals surface area contributed by atoms with Gasteiger partial charge in [0.2, 0.25) is 0 Å². The van der Waals surface area contributed by atoms with E-state index < -0.39 is 58.1 Å². The molecule has 0 spiro atoms. The van der Waals surface area contributed by atoms with E-state index in [4.69, 9.17) is 15.0 Å². The second-order valence-electron chi connectivity index (χ2n) is 15.2. The fraction of sp³-hybridized carbons (Fsp3) is 0.0800. The maximum absolute atomic E-state index is 14.5. The third-order valence-corrected chi connectivity index (χ3v) is 11.0. The zero-order valence-electron chi connectivity index (χ0n) is 33.7. The predicted molar refractivity (Wildman–Crippen MR) is 226 cm³/mol. The van der Waals surface area contributed by atoms with Crippen LogP contribution in [0.25, 0.3) is 83.9 Å². The molecule has 0 radical (unpaired) electrons. The molecule has 67 heavy (non-hydrogen) atoms. The monoisotopic (exact) mass is 923 g/mol. The summed E-state index contributed by atoms with van der Waals surface area (Å²) in [4.78, 5) is 14.2. The molecule has 0 unspecified atom stereocenters. The topological polar surface area (TPSA) is 67.4 Å². The van der Waals surface area contributed by atoms with Crippen LogP contribution in [-0.4, -0.2) is 19.5 Å². The van der Waals surface area contributed by atoms with E-state index in [9.17, 15) is 57.9 Å². The van der Waals surface area contributed by atoms with Gasteiger partial charge in [0.25, 0.3) is 0 Å². The summed E-state index contributed by atoms with van der Waals surface area (Å²) in [5.41, 5.74) is -5.92. The molecule has 0 atom stereocenters. The Labute approximate surface area is 370 Å². The molecule has 2 heterocycles. The van der Waals surface area contributed by atoms with Crippen LogP contribution in [0.4, 0.5) is 52.7 Å². The summed E-state index contributed by atoms with van der Waals surface area (Å²) in [7, 11) is 0. The first-order valence-corrected chi connectivity index (χ1v) is 19.8. The molecule has 9 rings (SSSR count). The first-order chi connectivity index (χ1) is 31.7. The highest BCUT2D eigenvalue weighted by atomic mass is 19.4. The van der Waals surface area contributed by atoms with Crippen LogP contribution in [0, 0.1) is 11.3 Å². The van der Waals surface area contributed by atoms with Crippen molar-refractivity contribution in [3.63, 3.8) is 0 Å². The van der Waals surface area contributed by atoms with Crippen LogP contribution in [0.1, 0.15) is 27.8 Å². The molecule has 0 aliphatic rings. The molecule has 0 N–H and O–H groups in total. The van der Waals surface area contributed by atoms with Gasteiger partial charge in [0, 0.05) is 27.5 Å². The van der Waals surface area contributed by atoms with Crippen molar-refractivity contribution in [1.82, 2.24) is 19.5 Å². The normalized spacial score (nSPS) is 12.5. The van der Waals surface area contributed by atoms with Gasteiger partial charge in [0.15, 0.2) is 17.5 Å². The number of rotatable bonds is 6. The molecule has 0 amide bonds. The molecule has 0 saturated heterocycles. The van der Waals surface area contributed by atoms with E-state index in [1.807, 2.05) is 12.1 Å². The minimum atomic E-state index is -5.28. The van der Waals surface area contributed by atoms with Crippen LogP contribution in [0.2, 0.25) is 0 Å². The van der Waals surface area contributed by atoms with E-state index in [-0.39, 0.29) is 62.1 Å². The van der Waals surface area contributed by atoms with Gasteiger partial charge in [-0.15, -0.1) is 0 Å². The van der Waals surface area contributed by atoms with Crippen LogP contribution in [-0.2, 0) is 24.7 Å². The van der Waals surface area contributed by atoms with E-state index in [0.29, 0.717) is 52.6 Å². The first-order valence-electron chi connectivity index (χ1n) is 19.8. The van der Waals surface area contributed by atoms with Crippen LogP contribution in [0.5, 0.6) is 0 Å². The van der Waals surface area contributed by atoms with Gasteiger partial charge >= 0.3 is 24.7 Å².